The highest BCUT2D eigenvalue weighted by molar-refractivity contribution is 9.47. The summed E-state index contributed by atoms with van der Waals surface area (Å²) in [5.74, 6) is -0.00975. The molecule has 0 aromatic heterocycles. The first-order valence-electron chi connectivity index (χ1n) is 3.14. The van der Waals surface area contributed by atoms with Gasteiger partial charge in [-0.1, -0.05) is 23.7 Å². The molecule has 0 unspecified atom stereocenters. The van der Waals surface area contributed by atoms with Crippen LogP contribution in [0.2, 0.25) is 5.02 Å². The lowest BCUT2D eigenvalue weighted by Gasteiger charge is -1.96. The maximum Gasteiger partial charge on any atom is 0.213 e. The van der Waals surface area contributed by atoms with Crippen molar-refractivity contribution in [3.63, 3.8) is 0 Å². The van der Waals surface area contributed by atoms with Crippen LogP contribution < -0.4 is 0 Å². The fourth-order valence-electron chi connectivity index (χ4n) is 0.780. The number of hydrogen-bond acceptors (Lipinski definition) is 2. The zero-order valence-electron chi connectivity index (χ0n) is 6.00. The van der Waals surface area contributed by atoms with Crippen LogP contribution in [0.1, 0.15) is 5.56 Å². The Labute approximate surface area is 83.7 Å². The predicted molar refractivity (Wildman–Crippen MR) is 53.0 cm³/mol. The third-order valence-corrected chi connectivity index (χ3v) is 2.87. The van der Waals surface area contributed by atoms with E-state index in [0.29, 0.717) is 5.02 Å². The molecule has 0 amide bonds. The highest BCUT2D eigenvalue weighted by atomic mass is 79.9. The van der Waals surface area contributed by atoms with Crippen LogP contribution in [0.3, 0.4) is 0 Å². The summed E-state index contributed by atoms with van der Waals surface area (Å²) in [7, 11) is -3.12. The van der Waals surface area contributed by atoms with Gasteiger partial charge in [-0.25, -0.2) is 8.42 Å². The maximum absolute atomic E-state index is 10.8. The molecule has 0 atom stereocenters. The van der Waals surface area contributed by atoms with E-state index in [1.165, 1.54) is 0 Å². The van der Waals surface area contributed by atoms with Crippen molar-refractivity contribution < 1.29 is 8.42 Å². The molecule has 0 heterocycles. The van der Waals surface area contributed by atoms with Gasteiger partial charge in [-0.05, 0) is 17.7 Å². The molecule has 12 heavy (non-hydrogen) atoms. The first-order chi connectivity index (χ1) is 5.47. The van der Waals surface area contributed by atoms with Crippen molar-refractivity contribution >= 4 is 34.7 Å². The van der Waals surface area contributed by atoms with Crippen LogP contribution >= 0.6 is 26.4 Å². The Morgan fingerprint density at radius 1 is 1.25 bits per heavy atom. The smallest absolute Gasteiger partial charge is 0.213 e. The van der Waals surface area contributed by atoms with Crippen LogP contribution in [0.25, 0.3) is 0 Å². The molecule has 0 saturated heterocycles. The fraction of sp³-hybridized carbons (Fsp3) is 0.143. The molecule has 0 spiro atoms. The van der Waals surface area contributed by atoms with Gasteiger partial charge in [0.25, 0.3) is 0 Å². The molecule has 0 bridgehead atoms. The molecule has 0 aliphatic carbocycles. The molecule has 66 valence electrons. The number of hydrogen-bond donors (Lipinski definition) is 0. The van der Waals surface area contributed by atoms with E-state index in [0.717, 1.165) is 5.56 Å². The van der Waals surface area contributed by atoms with Crippen LogP contribution in [0, 0.1) is 0 Å². The van der Waals surface area contributed by atoms with E-state index in [9.17, 15) is 8.42 Å². The van der Waals surface area contributed by atoms with Gasteiger partial charge < -0.3 is 0 Å². The average Bonchev–Trinajstić information content (AvgIpc) is 1.91. The molecule has 1 aromatic rings. The lowest BCUT2D eigenvalue weighted by atomic mass is 10.2. The van der Waals surface area contributed by atoms with Crippen molar-refractivity contribution in [2.45, 2.75) is 5.75 Å². The lowest BCUT2D eigenvalue weighted by molar-refractivity contribution is 0.611. The van der Waals surface area contributed by atoms with Crippen LogP contribution in [0.4, 0.5) is 0 Å². The van der Waals surface area contributed by atoms with Crippen LogP contribution in [-0.2, 0) is 14.0 Å². The Balaban J connectivity index is 2.85. The minimum absolute atomic E-state index is 0.00975. The molecule has 1 rings (SSSR count). The third-order valence-electron chi connectivity index (χ3n) is 1.25. The average molecular weight is 270 g/mol. The van der Waals surface area contributed by atoms with Gasteiger partial charge in [0, 0.05) is 5.02 Å². The largest absolute Gasteiger partial charge is 0.217 e. The van der Waals surface area contributed by atoms with Crippen molar-refractivity contribution in [1.29, 1.82) is 0 Å². The zero-order chi connectivity index (χ0) is 9.19. The highest BCUT2D eigenvalue weighted by Gasteiger charge is 2.05. The second kappa shape index (κ2) is 3.77. The molecule has 0 N–H and O–H groups in total. The summed E-state index contributed by atoms with van der Waals surface area (Å²) in [6.07, 6.45) is 0. The van der Waals surface area contributed by atoms with E-state index in [1.54, 1.807) is 24.3 Å². The third kappa shape index (κ3) is 3.56. The van der Waals surface area contributed by atoms with Crippen molar-refractivity contribution in [2.24, 2.45) is 0 Å². The molecule has 0 radical (unpaired) electrons. The topological polar surface area (TPSA) is 34.1 Å². The number of benzene rings is 1. The van der Waals surface area contributed by atoms with Gasteiger partial charge in [-0.2, -0.15) is 0 Å². The first-order valence-corrected chi connectivity index (χ1v) is 7.01. The predicted octanol–water partition coefficient (Wildman–Crippen LogP) is 2.56. The molecule has 0 aliphatic rings. The van der Waals surface area contributed by atoms with E-state index < -0.39 is 8.27 Å². The van der Waals surface area contributed by atoms with Crippen molar-refractivity contribution in [2.75, 3.05) is 0 Å². The second-order valence-electron chi connectivity index (χ2n) is 2.31. The summed E-state index contributed by atoms with van der Waals surface area (Å²) < 4.78 is 21.5. The van der Waals surface area contributed by atoms with E-state index in [-0.39, 0.29) is 5.75 Å². The second-order valence-corrected chi connectivity index (χ2v) is 7.07. The molecule has 2 nitrogen and oxygen atoms in total. The van der Waals surface area contributed by atoms with Gasteiger partial charge in [0.15, 0.2) is 0 Å². The molecule has 5 heteroatoms. The van der Waals surface area contributed by atoms with Gasteiger partial charge in [0.05, 0.1) is 20.6 Å². The first kappa shape index (κ1) is 10.0. The zero-order valence-corrected chi connectivity index (χ0v) is 9.16. The monoisotopic (exact) mass is 268 g/mol. The maximum atomic E-state index is 10.8. The van der Waals surface area contributed by atoms with Crippen LogP contribution in [0.5, 0.6) is 0 Å². The summed E-state index contributed by atoms with van der Waals surface area (Å²) in [6.45, 7) is 0. The summed E-state index contributed by atoms with van der Waals surface area (Å²) in [6, 6.07) is 6.69. The number of rotatable bonds is 2. The van der Waals surface area contributed by atoms with Crippen molar-refractivity contribution in [3.05, 3.63) is 34.9 Å². The number of halogens is 2. The van der Waals surface area contributed by atoms with Gasteiger partial charge >= 0.3 is 0 Å². The summed E-state index contributed by atoms with van der Waals surface area (Å²) in [5.41, 5.74) is 0.719. The molecule has 0 aliphatic heterocycles. The Kier molecular flexibility index (Phi) is 3.15. The highest BCUT2D eigenvalue weighted by Crippen LogP contribution is 2.14. The lowest BCUT2D eigenvalue weighted by Crippen LogP contribution is -1.93. The van der Waals surface area contributed by atoms with E-state index in [4.69, 9.17) is 11.6 Å². The fourth-order valence-corrected chi connectivity index (χ4v) is 2.29. The van der Waals surface area contributed by atoms with Crippen molar-refractivity contribution in [3.8, 4) is 0 Å². The van der Waals surface area contributed by atoms with Gasteiger partial charge in [-0.15, -0.1) is 0 Å². The van der Waals surface area contributed by atoms with Gasteiger partial charge in [0.2, 0.25) is 8.27 Å². The standard InChI is InChI=1S/C7H6BrClO2S/c8-12(10,11)5-6-1-3-7(9)4-2-6/h1-4H,5H2. The van der Waals surface area contributed by atoms with Gasteiger partial charge in [0.1, 0.15) is 0 Å². The molecule has 0 fully saturated rings. The minimum Gasteiger partial charge on any atom is -0.217 e. The van der Waals surface area contributed by atoms with Crippen LogP contribution in [-0.4, -0.2) is 8.42 Å². The van der Waals surface area contributed by atoms with Gasteiger partial charge in [-0.3, -0.25) is 0 Å². The Hall–Kier alpha value is -0.0600. The summed E-state index contributed by atoms with van der Waals surface area (Å²) >= 11 is 8.19. The molecule has 0 saturated carbocycles. The summed E-state index contributed by atoms with van der Waals surface area (Å²) in [5, 5.41) is 0.603. The molecule has 1 aromatic carbocycles. The summed E-state index contributed by atoms with van der Waals surface area (Å²) in [4.78, 5) is 0. The minimum atomic E-state index is -3.12. The Bertz CT molecular complexity index is 357. The normalized spacial score (nSPS) is 11.5. The van der Waals surface area contributed by atoms with Crippen LogP contribution in [0.15, 0.2) is 24.3 Å². The van der Waals surface area contributed by atoms with E-state index >= 15 is 0 Å². The quantitative estimate of drug-likeness (QED) is 0.773. The van der Waals surface area contributed by atoms with E-state index in [2.05, 4.69) is 14.8 Å². The van der Waals surface area contributed by atoms with Crippen molar-refractivity contribution in [1.82, 2.24) is 0 Å². The molecular formula is C7H6BrClO2S. The Morgan fingerprint density at radius 2 is 1.75 bits per heavy atom. The molecular weight excluding hydrogens is 263 g/mol. The Morgan fingerprint density at radius 3 is 2.17 bits per heavy atom. The van der Waals surface area contributed by atoms with E-state index in [1.807, 2.05) is 0 Å². The SMILES string of the molecule is O=S(=O)(Br)Cc1ccc(Cl)cc1.